The smallest absolute Gasteiger partial charge is 0.177 e. The Morgan fingerprint density at radius 3 is 3.04 bits per heavy atom. The van der Waals surface area contributed by atoms with Gasteiger partial charge in [-0.2, -0.15) is 9.61 Å². The lowest BCUT2D eigenvalue weighted by Crippen LogP contribution is -2.33. The lowest BCUT2D eigenvalue weighted by molar-refractivity contribution is 0.202. The molecule has 0 saturated carbocycles. The summed E-state index contributed by atoms with van der Waals surface area (Å²) in [7, 11) is 0. The molecular weight excluding hydrogens is 347 g/mol. The van der Waals surface area contributed by atoms with Crippen molar-refractivity contribution in [2.24, 2.45) is 0 Å². The quantitative estimate of drug-likeness (QED) is 0.604. The third-order valence-electron chi connectivity index (χ3n) is 4.42. The normalized spacial score (nSPS) is 15.8. The van der Waals surface area contributed by atoms with Gasteiger partial charge in [0.2, 0.25) is 0 Å². The van der Waals surface area contributed by atoms with Gasteiger partial charge in [0.25, 0.3) is 0 Å². The van der Waals surface area contributed by atoms with Crippen molar-refractivity contribution < 1.29 is 9.13 Å². The molecule has 0 amide bonds. The topological polar surface area (TPSA) is 77.2 Å². The van der Waals surface area contributed by atoms with Gasteiger partial charge in [-0.25, -0.2) is 9.37 Å². The highest BCUT2D eigenvalue weighted by atomic mass is 19.1. The minimum atomic E-state index is -0.299. The van der Waals surface area contributed by atoms with Crippen LogP contribution in [0.25, 0.3) is 16.9 Å². The molecule has 1 aliphatic rings. The lowest BCUT2D eigenvalue weighted by Gasteiger charge is -2.25. The first-order valence-corrected chi connectivity index (χ1v) is 8.59. The second kappa shape index (κ2) is 6.31. The molecular formula is C19H15FN6O. The van der Waals surface area contributed by atoms with Gasteiger partial charge in [0.05, 0.1) is 12.2 Å². The highest BCUT2D eigenvalue weighted by Crippen LogP contribution is 2.27. The Bertz CT molecular complexity index is 1130. The van der Waals surface area contributed by atoms with Crippen LogP contribution in [0.15, 0.2) is 54.7 Å². The van der Waals surface area contributed by atoms with Crippen molar-refractivity contribution in [1.82, 2.24) is 24.8 Å². The van der Waals surface area contributed by atoms with Crippen LogP contribution in [0, 0.1) is 5.82 Å². The maximum Gasteiger partial charge on any atom is 0.177 e. The van der Waals surface area contributed by atoms with Crippen LogP contribution in [0.3, 0.4) is 0 Å². The predicted molar refractivity (Wildman–Crippen MR) is 97.0 cm³/mol. The maximum atomic E-state index is 13.5. The standard InChI is InChI=1S/C19H15FN6O/c20-13-4-1-3-12(9-13)15-6-7-17-23-24-18(26(17)25-15)10-14-11-22-19-16(27-14)5-2-8-21-19/h1-9,14H,10-11H2,(H,21,22). The molecule has 0 saturated heterocycles. The highest BCUT2D eigenvalue weighted by molar-refractivity contribution is 5.60. The van der Waals surface area contributed by atoms with Crippen LogP contribution in [-0.4, -0.2) is 37.4 Å². The molecule has 1 aromatic carbocycles. The van der Waals surface area contributed by atoms with E-state index in [1.165, 1.54) is 12.1 Å². The molecule has 1 aliphatic heterocycles. The molecule has 4 heterocycles. The monoisotopic (exact) mass is 362 g/mol. The Morgan fingerprint density at radius 1 is 1.15 bits per heavy atom. The summed E-state index contributed by atoms with van der Waals surface area (Å²) in [5.74, 6) is 1.84. The van der Waals surface area contributed by atoms with Gasteiger partial charge in [-0.1, -0.05) is 12.1 Å². The molecule has 134 valence electrons. The number of aromatic nitrogens is 5. The van der Waals surface area contributed by atoms with Crippen LogP contribution in [0.2, 0.25) is 0 Å². The number of hydrogen-bond acceptors (Lipinski definition) is 6. The second-order valence-corrected chi connectivity index (χ2v) is 6.29. The van der Waals surface area contributed by atoms with E-state index in [2.05, 4.69) is 25.6 Å². The predicted octanol–water partition coefficient (Wildman–Crippen LogP) is 2.74. The molecule has 27 heavy (non-hydrogen) atoms. The number of rotatable bonds is 3. The zero-order valence-corrected chi connectivity index (χ0v) is 14.2. The van der Waals surface area contributed by atoms with E-state index in [4.69, 9.17) is 4.74 Å². The van der Waals surface area contributed by atoms with Crippen molar-refractivity contribution in [2.45, 2.75) is 12.5 Å². The number of hydrogen-bond donors (Lipinski definition) is 1. The van der Waals surface area contributed by atoms with Gasteiger partial charge in [-0.3, -0.25) is 0 Å². The third-order valence-corrected chi connectivity index (χ3v) is 4.42. The fourth-order valence-electron chi connectivity index (χ4n) is 3.13. The van der Waals surface area contributed by atoms with Crippen LogP contribution < -0.4 is 10.1 Å². The fraction of sp³-hybridized carbons (Fsp3) is 0.158. The molecule has 0 bridgehead atoms. The van der Waals surface area contributed by atoms with Gasteiger partial charge in [0.1, 0.15) is 11.9 Å². The molecule has 7 nitrogen and oxygen atoms in total. The zero-order valence-electron chi connectivity index (χ0n) is 14.2. The zero-order chi connectivity index (χ0) is 18.2. The molecule has 0 spiro atoms. The highest BCUT2D eigenvalue weighted by Gasteiger charge is 2.22. The summed E-state index contributed by atoms with van der Waals surface area (Å²) in [4.78, 5) is 4.24. The molecule has 8 heteroatoms. The summed E-state index contributed by atoms with van der Waals surface area (Å²) < 4.78 is 21.2. The summed E-state index contributed by atoms with van der Waals surface area (Å²) in [5, 5.41) is 16.3. The van der Waals surface area contributed by atoms with Crippen LogP contribution in [0.1, 0.15) is 5.82 Å². The number of ether oxygens (including phenoxy) is 1. The van der Waals surface area contributed by atoms with Crippen LogP contribution in [-0.2, 0) is 6.42 Å². The number of fused-ring (bicyclic) bond motifs is 2. The van der Waals surface area contributed by atoms with Gasteiger partial charge in [-0.05, 0) is 36.4 Å². The molecule has 1 unspecified atom stereocenters. The Hall–Kier alpha value is -3.55. The third kappa shape index (κ3) is 2.95. The van der Waals surface area contributed by atoms with E-state index in [0.29, 0.717) is 35.7 Å². The first-order chi connectivity index (χ1) is 13.3. The SMILES string of the molecule is Fc1cccc(-c2ccc3nnc(CC4CNc5ncccc5O4)n3n2)c1. The van der Waals surface area contributed by atoms with Crippen molar-refractivity contribution in [3.8, 4) is 17.0 Å². The Kier molecular flexibility index (Phi) is 3.67. The first-order valence-electron chi connectivity index (χ1n) is 8.59. The van der Waals surface area contributed by atoms with E-state index >= 15 is 0 Å². The summed E-state index contributed by atoms with van der Waals surface area (Å²) >= 11 is 0. The summed E-state index contributed by atoms with van der Waals surface area (Å²) in [6, 6.07) is 13.7. The van der Waals surface area contributed by atoms with E-state index in [9.17, 15) is 4.39 Å². The molecule has 0 radical (unpaired) electrons. The number of anilines is 1. The van der Waals surface area contributed by atoms with Gasteiger partial charge < -0.3 is 10.1 Å². The Labute approximate surface area is 153 Å². The van der Waals surface area contributed by atoms with Crippen LogP contribution >= 0.6 is 0 Å². The lowest BCUT2D eigenvalue weighted by atomic mass is 10.1. The molecule has 0 aliphatic carbocycles. The number of benzene rings is 1. The summed E-state index contributed by atoms with van der Waals surface area (Å²) in [6.07, 6.45) is 2.13. The van der Waals surface area contributed by atoms with Crippen molar-refractivity contribution >= 4 is 11.5 Å². The number of halogens is 1. The average molecular weight is 362 g/mol. The summed E-state index contributed by atoms with van der Waals surface area (Å²) in [5.41, 5.74) is 1.99. The summed E-state index contributed by atoms with van der Waals surface area (Å²) in [6.45, 7) is 0.614. The van der Waals surface area contributed by atoms with Crippen molar-refractivity contribution in [1.29, 1.82) is 0 Å². The minimum Gasteiger partial charge on any atom is -0.484 e. The van der Waals surface area contributed by atoms with Crippen molar-refractivity contribution in [3.05, 3.63) is 66.4 Å². The van der Waals surface area contributed by atoms with E-state index < -0.39 is 0 Å². The van der Waals surface area contributed by atoms with E-state index in [0.717, 1.165) is 11.6 Å². The van der Waals surface area contributed by atoms with E-state index in [1.54, 1.807) is 16.8 Å². The molecule has 1 atom stereocenters. The molecule has 0 fully saturated rings. The van der Waals surface area contributed by atoms with Gasteiger partial charge >= 0.3 is 0 Å². The van der Waals surface area contributed by atoms with Crippen LogP contribution in [0.4, 0.5) is 10.2 Å². The maximum absolute atomic E-state index is 13.5. The molecule has 5 rings (SSSR count). The van der Waals surface area contributed by atoms with E-state index in [1.807, 2.05) is 30.3 Å². The first kappa shape index (κ1) is 15.7. The Morgan fingerprint density at radius 2 is 2.11 bits per heavy atom. The van der Waals surface area contributed by atoms with Crippen molar-refractivity contribution in [2.75, 3.05) is 11.9 Å². The largest absolute Gasteiger partial charge is 0.484 e. The molecule has 4 aromatic rings. The van der Waals surface area contributed by atoms with Gasteiger partial charge in [0.15, 0.2) is 23.0 Å². The second-order valence-electron chi connectivity index (χ2n) is 6.29. The Balaban J connectivity index is 1.45. The fourth-order valence-corrected chi connectivity index (χ4v) is 3.13. The number of pyridine rings is 1. The van der Waals surface area contributed by atoms with Gasteiger partial charge in [0, 0.05) is 18.2 Å². The number of nitrogens with zero attached hydrogens (tertiary/aromatic N) is 5. The molecule has 3 aromatic heterocycles. The number of nitrogens with one attached hydrogen (secondary N) is 1. The average Bonchev–Trinajstić information content (AvgIpc) is 3.10. The molecule has 1 N–H and O–H groups in total. The van der Waals surface area contributed by atoms with Crippen molar-refractivity contribution in [3.63, 3.8) is 0 Å². The minimum absolute atomic E-state index is 0.117. The van der Waals surface area contributed by atoms with Gasteiger partial charge in [-0.15, -0.1) is 10.2 Å². The van der Waals surface area contributed by atoms with Crippen LogP contribution in [0.5, 0.6) is 5.75 Å². The van der Waals surface area contributed by atoms with E-state index in [-0.39, 0.29) is 11.9 Å².